The molecule has 5 nitrogen and oxygen atoms in total. The van der Waals surface area contributed by atoms with Crippen LogP contribution < -0.4 is 10.6 Å². The van der Waals surface area contributed by atoms with Crippen molar-refractivity contribution in [2.75, 3.05) is 13.1 Å². The molecule has 0 aliphatic carbocycles. The maximum atomic E-state index is 12.0. The number of hydrogen-bond donors (Lipinski definition) is 2. The van der Waals surface area contributed by atoms with Crippen LogP contribution in [-0.2, 0) is 7.05 Å². The molecular weight excluding hydrogens is 240 g/mol. The highest BCUT2D eigenvalue weighted by molar-refractivity contribution is 5.95. The quantitative estimate of drug-likeness (QED) is 0.818. The average Bonchev–Trinajstić information content (AvgIpc) is 2.59. The first-order valence-corrected chi connectivity index (χ1v) is 5.68. The van der Waals surface area contributed by atoms with E-state index in [1.807, 2.05) is 14.0 Å². The number of aryl methyl sites for hydroxylation is 2. The maximum Gasteiger partial charge on any atom is 0.255 e. The minimum Gasteiger partial charge on any atom is -0.348 e. The number of carbonyl (C=O) groups excluding carboxylic acids is 1. The summed E-state index contributed by atoms with van der Waals surface area (Å²) in [6.45, 7) is 3.78. The van der Waals surface area contributed by atoms with Gasteiger partial charge >= 0.3 is 0 Å². The van der Waals surface area contributed by atoms with Crippen LogP contribution in [0.3, 0.4) is 0 Å². The van der Waals surface area contributed by atoms with Gasteiger partial charge < -0.3 is 10.6 Å². The summed E-state index contributed by atoms with van der Waals surface area (Å²) >= 11 is 0. The molecule has 1 amide bonds. The van der Waals surface area contributed by atoms with E-state index in [1.165, 1.54) is 0 Å². The molecule has 6 heteroatoms. The molecule has 1 aromatic rings. The van der Waals surface area contributed by atoms with Gasteiger partial charge in [-0.25, -0.2) is 0 Å². The summed E-state index contributed by atoms with van der Waals surface area (Å²) in [6, 6.07) is 0.251. The molecule has 1 aliphatic rings. The molecule has 0 aromatic carbocycles. The van der Waals surface area contributed by atoms with E-state index >= 15 is 0 Å². The SMILES string of the molecule is Cc1nn(C)cc1C(=O)NC1CCCNC1.Cl. The van der Waals surface area contributed by atoms with Gasteiger partial charge in [0.25, 0.3) is 5.91 Å². The van der Waals surface area contributed by atoms with Crippen molar-refractivity contribution in [3.05, 3.63) is 17.5 Å². The Morgan fingerprint density at radius 1 is 1.65 bits per heavy atom. The first-order chi connectivity index (χ1) is 7.66. The largest absolute Gasteiger partial charge is 0.348 e. The Bertz CT molecular complexity index is 385. The van der Waals surface area contributed by atoms with Crippen molar-refractivity contribution in [2.45, 2.75) is 25.8 Å². The Balaban J connectivity index is 0.00000144. The second-order valence-corrected chi connectivity index (χ2v) is 4.32. The lowest BCUT2D eigenvalue weighted by Gasteiger charge is -2.23. The van der Waals surface area contributed by atoms with Crippen molar-refractivity contribution in [1.82, 2.24) is 20.4 Å². The van der Waals surface area contributed by atoms with E-state index in [9.17, 15) is 4.79 Å². The summed E-state index contributed by atoms with van der Waals surface area (Å²) in [7, 11) is 1.83. The van der Waals surface area contributed by atoms with Crippen LogP contribution in [-0.4, -0.2) is 34.8 Å². The standard InChI is InChI=1S/C11H18N4O.ClH/c1-8-10(7-15(2)14-8)11(16)13-9-4-3-5-12-6-9;/h7,9,12H,3-6H2,1-2H3,(H,13,16);1H. The Kier molecular flexibility index (Phi) is 4.96. The number of hydrogen-bond acceptors (Lipinski definition) is 3. The van der Waals surface area contributed by atoms with Crippen molar-refractivity contribution >= 4 is 18.3 Å². The summed E-state index contributed by atoms with van der Waals surface area (Å²) in [5.74, 6) is -0.0145. The van der Waals surface area contributed by atoms with Crippen molar-refractivity contribution in [3.63, 3.8) is 0 Å². The molecule has 2 heterocycles. The zero-order chi connectivity index (χ0) is 11.5. The molecule has 0 spiro atoms. The molecule has 1 aliphatic heterocycles. The van der Waals surface area contributed by atoms with Crippen LogP contribution in [0.5, 0.6) is 0 Å². The fourth-order valence-corrected chi connectivity index (χ4v) is 2.06. The van der Waals surface area contributed by atoms with Gasteiger partial charge in [0.15, 0.2) is 0 Å². The van der Waals surface area contributed by atoms with Gasteiger partial charge in [-0.15, -0.1) is 12.4 Å². The normalized spacial score (nSPS) is 19.5. The maximum absolute atomic E-state index is 12.0. The summed E-state index contributed by atoms with van der Waals surface area (Å²) in [5.41, 5.74) is 1.46. The minimum atomic E-state index is -0.0145. The van der Waals surface area contributed by atoms with Crippen molar-refractivity contribution in [3.8, 4) is 0 Å². The molecule has 17 heavy (non-hydrogen) atoms. The van der Waals surface area contributed by atoms with Crippen LogP contribution in [0.4, 0.5) is 0 Å². The van der Waals surface area contributed by atoms with Crippen molar-refractivity contribution < 1.29 is 4.79 Å². The molecule has 0 radical (unpaired) electrons. The molecular formula is C11H19ClN4O. The van der Waals surface area contributed by atoms with Gasteiger partial charge in [0, 0.05) is 25.8 Å². The molecule has 1 saturated heterocycles. The Hall–Kier alpha value is -1.07. The molecule has 1 unspecified atom stereocenters. The number of aromatic nitrogens is 2. The van der Waals surface area contributed by atoms with Crippen molar-refractivity contribution in [1.29, 1.82) is 0 Å². The highest BCUT2D eigenvalue weighted by Crippen LogP contribution is 2.07. The van der Waals surface area contributed by atoms with Crippen molar-refractivity contribution in [2.24, 2.45) is 7.05 Å². The smallest absolute Gasteiger partial charge is 0.255 e. The van der Waals surface area contributed by atoms with Crippen LogP contribution in [0.2, 0.25) is 0 Å². The number of rotatable bonds is 2. The number of halogens is 1. The Labute approximate surface area is 107 Å². The lowest BCUT2D eigenvalue weighted by Crippen LogP contribution is -2.45. The van der Waals surface area contributed by atoms with Crippen LogP contribution in [0, 0.1) is 6.92 Å². The third kappa shape index (κ3) is 3.44. The lowest BCUT2D eigenvalue weighted by molar-refractivity contribution is 0.0930. The summed E-state index contributed by atoms with van der Waals surface area (Å²) in [6.07, 6.45) is 3.94. The van der Waals surface area contributed by atoms with E-state index in [-0.39, 0.29) is 24.4 Å². The highest BCUT2D eigenvalue weighted by atomic mass is 35.5. The number of amides is 1. The zero-order valence-electron chi connectivity index (χ0n) is 10.2. The molecule has 0 bridgehead atoms. The Morgan fingerprint density at radius 3 is 2.94 bits per heavy atom. The van der Waals surface area contributed by atoms with E-state index in [0.29, 0.717) is 5.56 Å². The first kappa shape index (κ1) is 14.0. The zero-order valence-corrected chi connectivity index (χ0v) is 11.0. The first-order valence-electron chi connectivity index (χ1n) is 5.68. The van der Waals surface area contributed by atoms with Gasteiger partial charge in [-0.05, 0) is 26.3 Å². The van der Waals surface area contributed by atoms with E-state index in [2.05, 4.69) is 15.7 Å². The van der Waals surface area contributed by atoms with Gasteiger partial charge in [-0.2, -0.15) is 5.10 Å². The van der Waals surface area contributed by atoms with Crippen LogP contribution in [0.1, 0.15) is 28.9 Å². The number of nitrogens with zero attached hydrogens (tertiary/aromatic N) is 2. The summed E-state index contributed by atoms with van der Waals surface area (Å²) in [4.78, 5) is 12.0. The van der Waals surface area contributed by atoms with E-state index < -0.39 is 0 Å². The van der Waals surface area contributed by atoms with Gasteiger partial charge in [0.05, 0.1) is 11.3 Å². The van der Waals surface area contributed by atoms with Crippen LogP contribution >= 0.6 is 12.4 Å². The molecule has 2 rings (SSSR count). The highest BCUT2D eigenvalue weighted by Gasteiger charge is 2.18. The predicted molar refractivity (Wildman–Crippen MR) is 68.6 cm³/mol. The fraction of sp³-hybridized carbons (Fsp3) is 0.636. The van der Waals surface area contributed by atoms with Crippen LogP contribution in [0.25, 0.3) is 0 Å². The van der Waals surface area contributed by atoms with E-state index in [1.54, 1.807) is 10.9 Å². The third-order valence-corrected chi connectivity index (χ3v) is 2.89. The number of piperidine rings is 1. The minimum absolute atomic E-state index is 0. The van der Waals surface area contributed by atoms with Gasteiger partial charge in [-0.3, -0.25) is 9.48 Å². The molecule has 1 aromatic heterocycles. The van der Waals surface area contributed by atoms with Gasteiger partial charge in [0.1, 0.15) is 0 Å². The molecule has 96 valence electrons. The lowest BCUT2D eigenvalue weighted by atomic mass is 10.1. The van der Waals surface area contributed by atoms with Gasteiger partial charge in [-0.1, -0.05) is 0 Å². The molecule has 1 fully saturated rings. The summed E-state index contributed by atoms with van der Waals surface area (Å²) < 4.78 is 1.67. The number of carbonyl (C=O) groups is 1. The predicted octanol–water partition coefficient (Wildman–Crippen LogP) is 0.632. The molecule has 2 N–H and O–H groups in total. The summed E-state index contributed by atoms with van der Waals surface area (Å²) in [5, 5.41) is 10.5. The monoisotopic (exact) mass is 258 g/mol. The third-order valence-electron chi connectivity index (χ3n) is 2.89. The van der Waals surface area contributed by atoms with Gasteiger partial charge in [0.2, 0.25) is 0 Å². The van der Waals surface area contributed by atoms with E-state index in [4.69, 9.17) is 0 Å². The topological polar surface area (TPSA) is 59.0 Å². The second kappa shape index (κ2) is 6.02. The molecule has 0 saturated carbocycles. The Morgan fingerprint density at radius 2 is 2.41 bits per heavy atom. The average molecular weight is 259 g/mol. The molecule has 1 atom stereocenters. The second-order valence-electron chi connectivity index (χ2n) is 4.32. The van der Waals surface area contributed by atoms with Crippen LogP contribution in [0.15, 0.2) is 6.20 Å². The fourth-order valence-electron chi connectivity index (χ4n) is 2.06. The number of nitrogens with one attached hydrogen (secondary N) is 2. The van der Waals surface area contributed by atoms with E-state index in [0.717, 1.165) is 31.6 Å².